The summed E-state index contributed by atoms with van der Waals surface area (Å²) in [5.74, 6) is 1.26. The van der Waals surface area contributed by atoms with Gasteiger partial charge >= 0.3 is 0 Å². The molecule has 1 saturated heterocycles. The van der Waals surface area contributed by atoms with Crippen LogP contribution in [-0.2, 0) is 16.6 Å². The molecule has 0 amide bonds. The third-order valence-electron chi connectivity index (χ3n) is 3.83. The topological polar surface area (TPSA) is 62.6 Å². The molecule has 1 fully saturated rings. The highest BCUT2D eigenvalue weighted by Crippen LogP contribution is 2.19. The summed E-state index contributed by atoms with van der Waals surface area (Å²) in [5, 5.41) is 3.47. The average Bonchev–Trinajstić information content (AvgIpc) is 2.72. The second-order valence-corrected chi connectivity index (χ2v) is 7.38. The third kappa shape index (κ3) is 3.58. The Morgan fingerprint density at radius 3 is 2.79 bits per heavy atom. The van der Waals surface area contributed by atoms with Crippen molar-refractivity contribution in [3.63, 3.8) is 0 Å². The number of rotatable bonds is 4. The highest BCUT2D eigenvalue weighted by atomic mass is 32.2. The molecule has 108 valence electrons. The third-order valence-corrected chi connectivity index (χ3v) is 5.10. The maximum absolute atomic E-state index is 11.5. The van der Waals surface area contributed by atoms with Gasteiger partial charge in [0.2, 0.25) is 10.0 Å². The summed E-state index contributed by atoms with van der Waals surface area (Å²) in [6.45, 7) is 6.00. The first kappa shape index (κ1) is 14.6. The number of hydrogen-bond donors (Lipinski definition) is 1. The van der Waals surface area contributed by atoms with E-state index >= 15 is 0 Å². The molecule has 0 aliphatic carbocycles. The van der Waals surface area contributed by atoms with Gasteiger partial charge in [-0.05, 0) is 30.9 Å². The molecular weight excluding hydrogens is 264 g/mol. The van der Waals surface area contributed by atoms with Gasteiger partial charge < -0.3 is 9.73 Å². The molecule has 0 unspecified atom stereocenters. The number of sulfonamides is 1. The second kappa shape index (κ2) is 5.64. The Bertz CT molecular complexity index is 524. The van der Waals surface area contributed by atoms with Crippen molar-refractivity contribution in [2.24, 2.45) is 5.92 Å². The van der Waals surface area contributed by atoms with Gasteiger partial charge in [-0.1, -0.05) is 6.92 Å². The zero-order valence-corrected chi connectivity index (χ0v) is 12.5. The Hall–Kier alpha value is -0.850. The number of hydrogen-bond acceptors (Lipinski definition) is 4. The van der Waals surface area contributed by atoms with Crippen molar-refractivity contribution in [1.29, 1.82) is 0 Å². The van der Waals surface area contributed by atoms with Gasteiger partial charge in [0.25, 0.3) is 0 Å². The van der Waals surface area contributed by atoms with Crippen LogP contribution in [0.25, 0.3) is 0 Å². The number of furan rings is 1. The molecule has 0 bridgehead atoms. The standard InChI is InChI=1S/C13H22N2O3S/c1-10-5-7-18-13(10)8-14-12-4-6-15(9-11(12)2)19(3,16)17/h5,7,11-12,14H,4,6,8-9H2,1-3H3/t11-,12+/m0/s1. The van der Waals surface area contributed by atoms with Gasteiger partial charge in [-0.15, -0.1) is 0 Å². The fraction of sp³-hybridized carbons (Fsp3) is 0.692. The van der Waals surface area contributed by atoms with E-state index in [0.717, 1.165) is 17.7 Å². The Balaban J connectivity index is 1.89. The van der Waals surface area contributed by atoms with E-state index in [1.165, 1.54) is 6.26 Å². The molecule has 1 N–H and O–H groups in total. The van der Waals surface area contributed by atoms with Crippen LogP contribution in [-0.4, -0.2) is 38.1 Å². The van der Waals surface area contributed by atoms with Crippen LogP contribution in [0, 0.1) is 12.8 Å². The van der Waals surface area contributed by atoms with Crippen molar-refractivity contribution in [3.8, 4) is 0 Å². The van der Waals surface area contributed by atoms with Crippen LogP contribution >= 0.6 is 0 Å². The van der Waals surface area contributed by atoms with Gasteiger partial charge in [0.1, 0.15) is 5.76 Å². The van der Waals surface area contributed by atoms with Gasteiger partial charge in [0.15, 0.2) is 0 Å². The summed E-state index contributed by atoms with van der Waals surface area (Å²) in [6.07, 6.45) is 3.82. The van der Waals surface area contributed by atoms with Crippen LogP contribution in [0.4, 0.5) is 0 Å². The van der Waals surface area contributed by atoms with Crippen molar-refractivity contribution in [2.75, 3.05) is 19.3 Å². The van der Waals surface area contributed by atoms with Gasteiger partial charge in [0.05, 0.1) is 19.1 Å². The van der Waals surface area contributed by atoms with Crippen LogP contribution in [0.15, 0.2) is 16.7 Å². The molecule has 1 aromatic heterocycles. The van der Waals surface area contributed by atoms with E-state index in [-0.39, 0.29) is 0 Å². The minimum Gasteiger partial charge on any atom is -0.468 e. The van der Waals surface area contributed by atoms with Crippen molar-refractivity contribution in [3.05, 3.63) is 23.7 Å². The molecule has 6 heteroatoms. The molecule has 0 aromatic carbocycles. The molecule has 2 heterocycles. The zero-order chi connectivity index (χ0) is 14.0. The summed E-state index contributed by atoms with van der Waals surface area (Å²) >= 11 is 0. The zero-order valence-electron chi connectivity index (χ0n) is 11.7. The molecule has 2 rings (SSSR count). The Labute approximate surface area is 115 Å². The molecule has 0 spiro atoms. The normalized spacial score (nSPS) is 25.6. The van der Waals surface area contributed by atoms with E-state index in [4.69, 9.17) is 4.42 Å². The van der Waals surface area contributed by atoms with Gasteiger partial charge in [-0.25, -0.2) is 12.7 Å². The van der Waals surface area contributed by atoms with E-state index < -0.39 is 10.0 Å². The minimum atomic E-state index is -3.06. The molecule has 2 atom stereocenters. The van der Waals surface area contributed by atoms with Crippen molar-refractivity contribution in [2.45, 2.75) is 32.9 Å². The minimum absolute atomic E-state index is 0.304. The van der Waals surface area contributed by atoms with Gasteiger partial charge in [0, 0.05) is 19.1 Å². The quantitative estimate of drug-likeness (QED) is 0.907. The summed E-state index contributed by atoms with van der Waals surface area (Å²) in [4.78, 5) is 0. The van der Waals surface area contributed by atoms with Gasteiger partial charge in [-0.3, -0.25) is 0 Å². The predicted octanol–water partition coefficient (Wildman–Crippen LogP) is 1.35. The molecule has 5 nitrogen and oxygen atoms in total. The van der Waals surface area contributed by atoms with Crippen LogP contribution in [0.2, 0.25) is 0 Å². The SMILES string of the molecule is Cc1ccoc1CN[C@@H]1CCN(S(C)(=O)=O)C[C@@H]1C. The number of piperidine rings is 1. The largest absolute Gasteiger partial charge is 0.468 e. The van der Waals surface area contributed by atoms with E-state index in [9.17, 15) is 8.42 Å². The highest BCUT2D eigenvalue weighted by molar-refractivity contribution is 7.88. The van der Waals surface area contributed by atoms with E-state index in [2.05, 4.69) is 12.2 Å². The number of aryl methyl sites for hydroxylation is 1. The lowest BCUT2D eigenvalue weighted by atomic mass is 9.95. The second-order valence-electron chi connectivity index (χ2n) is 5.40. The Morgan fingerprint density at radius 1 is 1.53 bits per heavy atom. The maximum atomic E-state index is 11.5. The monoisotopic (exact) mass is 286 g/mol. The van der Waals surface area contributed by atoms with Gasteiger partial charge in [-0.2, -0.15) is 0 Å². The Morgan fingerprint density at radius 2 is 2.26 bits per heavy atom. The van der Waals surface area contributed by atoms with Crippen molar-refractivity contribution in [1.82, 2.24) is 9.62 Å². The van der Waals surface area contributed by atoms with Crippen LogP contribution in [0.1, 0.15) is 24.7 Å². The highest BCUT2D eigenvalue weighted by Gasteiger charge is 2.30. The lowest BCUT2D eigenvalue weighted by Crippen LogP contribution is -2.49. The van der Waals surface area contributed by atoms with Crippen LogP contribution in [0.3, 0.4) is 0 Å². The molecule has 0 radical (unpaired) electrons. The van der Waals surface area contributed by atoms with E-state index in [1.54, 1.807) is 10.6 Å². The fourth-order valence-electron chi connectivity index (χ4n) is 2.52. The smallest absolute Gasteiger partial charge is 0.211 e. The first-order chi connectivity index (χ1) is 8.88. The number of nitrogens with one attached hydrogen (secondary N) is 1. The predicted molar refractivity (Wildman–Crippen MR) is 74.3 cm³/mol. The average molecular weight is 286 g/mol. The lowest BCUT2D eigenvalue weighted by Gasteiger charge is -2.35. The molecule has 1 aliphatic rings. The summed E-state index contributed by atoms with van der Waals surface area (Å²) < 4.78 is 30.0. The first-order valence-corrected chi connectivity index (χ1v) is 8.44. The molecule has 1 aliphatic heterocycles. The van der Waals surface area contributed by atoms with Crippen molar-refractivity contribution < 1.29 is 12.8 Å². The summed E-state index contributed by atoms with van der Waals surface area (Å²) in [5.41, 5.74) is 1.15. The van der Waals surface area contributed by atoms with Crippen LogP contribution < -0.4 is 5.32 Å². The molecule has 0 saturated carbocycles. The lowest BCUT2D eigenvalue weighted by molar-refractivity contribution is 0.217. The summed E-state index contributed by atoms with van der Waals surface area (Å²) in [6, 6.07) is 2.29. The fourth-order valence-corrected chi connectivity index (χ4v) is 3.46. The molecule has 1 aromatic rings. The first-order valence-electron chi connectivity index (χ1n) is 6.59. The summed E-state index contributed by atoms with van der Waals surface area (Å²) in [7, 11) is -3.06. The van der Waals surface area contributed by atoms with E-state index in [0.29, 0.717) is 31.6 Å². The van der Waals surface area contributed by atoms with Crippen LogP contribution in [0.5, 0.6) is 0 Å². The number of nitrogens with zero attached hydrogens (tertiary/aromatic N) is 1. The molecule has 19 heavy (non-hydrogen) atoms. The van der Waals surface area contributed by atoms with Crippen molar-refractivity contribution >= 4 is 10.0 Å². The Kier molecular flexibility index (Phi) is 4.32. The maximum Gasteiger partial charge on any atom is 0.211 e. The molecular formula is C13H22N2O3S. The van der Waals surface area contributed by atoms with E-state index in [1.807, 2.05) is 13.0 Å².